The van der Waals surface area contributed by atoms with E-state index in [9.17, 15) is 4.79 Å². The second kappa shape index (κ2) is 11.3. The molecule has 1 saturated carbocycles. The molecule has 0 unspecified atom stereocenters. The highest BCUT2D eigenvalue weighted by Crippen LogP contribution is 2.37. The van der Waals surface area contributed by atoms with Crippen molar-refractivity contribution in [3.63, 3.8) is 0 Å². The largest absolute Gasteiger partial charge is 0.495 e. The molecule has 0 spiro atoms. The van der Waals surface area contributed by atoms with Crippen molar-refractivity contribution < 1.29 is 19.4 Å². The maximum Gasteiger partial charge on any atom is 0.329 e. The van der Waals surface area contributed by atoms with Crippen molar-refractivity contribution in [2.24, 2.45) is 11.8 Å². The van der Waals surface area contributed by atoms with Crippen molar-refractivity contribution in [2.75, 3.05) is 20.3 Å². The average molecular weight is 464 g/mol. The summed E-state index contributed by atoms with van der Waals surface area (Å²) in [4.78, 5) is 15.1. The Hall–Kier alpha value is -3.19. The minimum absolute atomic E-state index is 0.211. The van der Waals surface area contributed by atoms with Crippen LogP contribution in [0.3, 0.4) is 0 Å². The van der Waals surface area contributed by atoms with Gasteiger partial charge in [-0.05, 0) is 50.0 Å². The van der Waals surface area contributed by atoms with Gasteiger partial charge in [0.25, 0.3) is 0 Å². The molecule has 7 heteroatoms. The van der Waals surface area contributed by atoms with Crippen LogP contribution in [0.1, 0.15) is 38.3 Å². The number of methoxy groups -OCH3 is 1. The van der Waals surface area contributed by atoms with Gasteiger partial charge in [0.2, 0.25) is 0 Å². The molecule has 1 N–H and O–H groups in total. The number of aromatic nitrogens is 3. The van der Waals surface area contributed by atoms with Crippen molar-refractivity contribution in [1.29, 1.82) is 0 Å². The van der Waals surface area contributed by atoms with Gasteiger partial charge in [-0.2, -0.15) is 5.10 Å². The lowest BCUT2D eigenvalue weighted by molar-refractivity contribution is -0.142. The monoisotopic (exact) mass is 463 g/mol. The van der Waals surface area contributed by atoms with Crippen molar-refractivity contribution in [2.45, 2.75) is 45.6 Å². The molecular formula is C27H33N3O4. The highest BCUT2D eigenvalue weighted by molar-refractivity contribution is 5.83. The van der Waals surface area contributed by atoms with E-state index in [1.54, 1.807) is 13.3 Å². The van der Waals surface area contributed by atoms with Crippen molar-refractivity contribution in [1.82, 2.24) is 14.8 Å². The molecule has 0 saturated heterocycles. The van der Waals surface area contributed by atoms with E-state index >= 15 is 0 Å². The SMILES string of the molecule is CCc1c(-c2cncc(OC)c2)c(-c2ccccc2)nn1C[C@H]1CC[C@H](COCC(=O)O)CC1. The van der Waals surface area contributed by atoms with Gasteiger partial charge in [0.05, 0.1) is 19.9 Å². The lowest BCUT2D eigenvalue weighted by atomic mass is 9.82. The number of benzene rings is 1. The molecule has 1 aliphatic carbocycles. The van der Waals surface area contributed by atoms with Gasteiger partial charge < -0.3 is 14.6 Å². The lowest BCUT2D eigenvalue weighted by Gasteiger charge is -2.28. The Bertz CT molecular complexity index is 1090. The van der Waals surface area contributed by atoms with E-state index in [-0.39, 0.29) is 6.61 Å². The molecule has 34 heavy (non-hydrogen) atoms. The number of nitrogens with zero attached hydrogens (tertiary/aromatic N) is 3. The van der Waals surface area contributed by atoms with E-state index in [2.05, 4.69) is 28.7 Å². The zero-order chi connectivity index (χ0) is 23.9. The van der Waals surface area contributed by atoms with Gasteiger partial charge in [0.1, 0.15) is 18.1 Å². The highest BCUT2D eigenvalue weighted by Gasteiger charge is 2.25. The van der Waals surface area contributed by atoms with Gasteiger partial charge in [-0.15, -0.1) is 0 Å². The number of hydrogen-bond donors (Lipinski definition) is 1. The molecule has 2 aromatic heterocycles. The fourth-order valence-corrected chi connectivity index (χ4v) is 4.91. The smallest absolute Gasteiger partial charge is 0.329 e. The van der Waals surface area contributed by atoms with Crippen LogP contribution in [0.5, 0.6) is 5.75 Å². The van der Waals surface area contributed by atoms with Crippen LogP contribution < -0.4 is 4.74 Å². The Morgan fingerprint density at radius 1 is 1.09 bits per heavy atom. The molecule has 180 valence electrons. The van der Waals surface area contributed by atoms with E-state index in [0.717, 1.165) is 66.8 Å². The van der Waals surface area contributed by atoms with E-state index < -0.39 is 5.97 Å². The van der Waals surface area contributed by atoms with Crippen LogP contribution in [-0.2, 0) is 22.5 Å². The Balaban J connectivity index is 1.58. The first kappa shape index (κ1) is 24.0. The lowest BCUT2D eigenvalue weighted by Crippen LogP contribution is -2.23. The standard InChI is InChI=1S/C27H33N3O4/c1-3-24-26(22-13-23(33-2)15-28-14-22)27(21-7-5-4-6-8-21)29-30(24)16-19-9-11-20(12-10-19)17-34-18-25(31)32/h4-8,13-15,19-20H,3,9-12,16-18H2,1-2H3,(H,31,32)/t19-,20-. The summed E-state index contributed by atoms with van der Waals surface area (Å²) in [6.07, 6.45) is 8.79. The number of carboxylic acid groups (broad SMARTS) is 1. The van der Waals surface area contributed by atoms with E-state index in [4.69, 9.17) is 19.7 Å². The summed E-state index contributed by atoms with van der Waals surface area (Å²) in [5.41, 5.74) is 5.41. The molecule has 4 rings (SSSR count). The molecular weight excluding hydrogens is 430 g/mol. The Morgan fingerprint density at radius 3 is 2.50 bits per heavy atom. The summed E-state index contributed by atoms with van der Waals surface area (Å²) in [7, 11) is 1.66. The average Bonchev–Trinajstić information content (AvgIpc) is 3.23. The van der Waals surface area contributed by atoms with Crippen LogP contribution in [0, 0.1) is 11.8 Å². The first-order valence-electron chi connectivity index (χ1n) is 12.0. The van der Waals surface area contributed by atoms with Gasteiger partial charge in [-0.25, -0.2) is 4.79 Å². The predicted octanol–water partition coefficient (Wildman–Crippen LogP) is 5.09. The molecule has 0 bridgehead atoms. The number of rotatable bonds is 10. The second-order valence-electron chi connectivity index (χ2n) is 8.98. The third-order valence-corrected chi connectivity index (χ3v) is 6.65. The first-order chi connectivity index (χ1) is 16.6. The Kier molecular flexibility index (Phi) is 7.95. The Labute approximate surface area is 200 Å². The quantitative estimate of drug-likeness (QED) is 0.451. The summed E-state index contributed by atoms with van der Waals surface area (Å²) in [6, 6.07) is 12.3. The van der Waals surface area contributed by atoms with Gasteiger partial charge in [-0.1, -0.05) is 37.3 Å². The van der Waals surface area contributed by atoms with Gasteiger partial charge in [0, 0.05) is 35.1 Å². The highest BCUT2D eigenvalue weighted by atomic mass is 16.5. The van der Waals surface area contributed by atoms with Crippen LogP contribution in [-0.4, -0.2) is 46.2 Å². The van der Waals surface area contributed by atoms with Crippen LogP contribution in [0.4, 0.5) is 0 Å². The van der Waals surface area contributed by atoms with Crippen LogP contribution in [0.2, 0.25) is 0 Å². The summed E-state index contributed by atoms with van der Waals surface area (Å²) in [5.74, 6) is 0.809. The summed E-state index contributed by atoms with van der Waals surface area (Å²) >= 11 is 0. The predicted molar refractivity (Wildman–Crippen MR) is 131 cm³/mol. The number of hydrogen-bond acceptors (Lipinski definition) is 5. The molecule has 1 aromatic carbocycles. The third kappa shape index (κ3) is 5.65. The molecule has 0 amide bonds. The third-order valence-electron chi connectivity index (χ3n) is 6.65. The van der Waals surface area contributed by atoms with Crippen LogP contribution in [0.25, 0.3) is 22.4 Å². The van der Waals surface area contributed by atoms with Crippen molar-refractivity contribution in [3.05, 3.63) is 54.5 Å². The fourth-order valence-electron chi connectivity index (χ4n) is 4.91. The zero-order valence-electron chi connectivity index (χ0n) is 19.9. The number of aliphatic carboxylic acids is 1. The molecule has 0 atom stereocenters. The fraction of sp³-hybridized carbons (Fsp3) is 0.444. The number of carboxylic acids is 1. The van der Waals surface area contributed by atoms with Gasteiger partial charge in [-0.3, -0.25) is 9.67 Å². The molecule has 0 radical (unpaired) electrons. The van der Waals surface area contributed by atoms with Crippen LogP contribution in [0.15, 0.2) is 48.8 Å². The molecule has 2 heterocycles. The second-order valence-corrected chi connectivity index (χ2v) is 8.98. The number of ether oxygens (including phenoxy) is 2. The summed E-state index contributed by atoms with van der Waals surface area (Å²) in [6.45, 7) is 3.38. The molecule has 0 aliphatic heterocycles. The van der Waals surface area contributed by atoms with Crippen molar-refractivity contribution in [3.8, 4) is 28.1 Å². The minimum atomic E-state index is -0.907. The summed E-state index contributed by atoms with van der Waals surface area (Å²) < 4.78 is 13.0. The first-order valence-corrected chi connectivity index (χ1v) is 12.0. The zero-order valence-corrected chi connectivity index (χ0v) is 19.9. The van der Waals surface area contributed by atoms with Crippen molar-refractivity contribution >= 4 is 5.97 Å². The van der Waals surface area contributed by atoms with Gasteiger partial charge >= 0.3 is 5.97 Å². The molecule has 3 aromatic rings. The maximum atomic E-state index is 10.7. The van der Waals surface area contributed by atoms with E-state index in [0.29, 0.717) is 18.4 Å². The molecule has 1 fully saturated rings. The van der Waals surface area contributed by atoms with E-state index in [1.165, 1.54) is 5.69 Å². The van der Waals surface area contributed by atoms with Crippen LogP contribution >= 0.6 is 0 Å². The Morgan fingerprint density at radius 2 is 1.82 bits per heavy atom. The number of carbonyl (C=O) groups is 1. The maximum absolute atomic E-state index is 10.7. The molecule has 1 aliphatic rings. The van der Waals surface area contributed by atoms with Gasteiger partial charge in [0.15, 0.2) is 0 Å². The topological polar surface area (TPSA) is 86.5 Å². The normalized spacial score (nSPS) is 18.1. The summed E-state index contributed by atoms with van der Waals surface area (Å²) in [5, 5.41) is 13.9. The molecule has 7 nitrogen and oxygen atoms in total. The number of pyridine rings is 1. The minimum Gasteiger partial charge on any atom is -0.495 e. The van der Waals surface area contributed by atoms with E-state index in [1.807, 2.05) is 30.5 Å².